The molecule has 1 aromatic carbocycles. The number of hydrogen-bond donors (Lipinski definition) is 1. The highest BCUT2D eigenvalue weighted by atomic mass is 79.9. The van der Waals surface area contributed by atoms with Gasteiger partial charge in [-0.25, -0.2) is 0 Å². The molecule has 1 heterocycles. The maximum absolute atomic E-state index is 10.6. The Morgan fingerprint density at radius 2 is 1.83 bits per heavy atom. The fourth-order valence-electron chi connectivity index (χ4n) is 1.67. The molecule has 1 aromatic heterocycles. The normalized spacial score (nSPS) is 10.4. The zero-order valence-corrected chi connectivity index (χ0v) is 11.6. The minimum atomic E-state index is -0.416. The fraction of sp³-hybridized carbons (Fsp3) is 0.167. The third-order valence-electron chi connectivity index (χ3n) is 2.67. The molecule has 18 heavy (non-hydrogen) atoms. The molecule has 0 aliphatic carbocycles. The van der Waals surface area contributed by atoms with E-state index in [4.69, 9.17) is 0 Å². The number of rotatable bonds is 3. The van der Waals surface area contributed by atoms with Crippen molar-refractivity contribution in [1.82, 2.24) is 4.68 Å². The van der Waals surface area contributed by atoms with Gasteiger partial charge in [0.2, 0.25) is 0 Å². The fourth-order valence-corrected chi connectivity index (χ4v) is 2.13. The number of aryl methyl sites for hydroxylation is 2. The lowest BCUT2D eigenvalue weighted by molar-refractivity contribution is -0.384. The number of nitrogens with zero attached hydrogens (tertiary/aromatic N) is 2. The van der Waals surface area contributed by atoms with E-state index in [1.54, 1.807) is 6.07 Å². The summed E-state index contributed by atoms with van der Waals surface area (Å²) in [7, 11) is 0. The van der Waals surface area contributed by atoms with E-state index in [9.17, 15) is 10.1 Å². The lowest BCUT2D eigenvalue weighted by atomic mass is 10.3. The molecule has 94 valence electrons. The van der Waals surface area contributed by atoms with Crippen LogP contribution in [0.15, 0.2) is 34.8 Å². The Kier molecular flexibility index (Phi) is 3.38. The van der Waals surface area contributed by atoms with E-state index in [-0.39, 0.29) is 5.69 Å². The number of nitrogens with one attached hydrogen (secondary N) is 1. The lowest BCUT2D eigenvalue weighted by Gasteiger charge is -2.13. The maximum Gasteiger partial charge on any atom is 0.270 e. The van der Waals surface area contributed by atoms with Crippen molar-refractivity contribution in [1.29, 1.82) is 0 Å². The summed E-state index contributed by atoms with van der Waals surface area (Å²) in [6.45, 7) is 3.97. The first-order valence-corrected chi connectivity index (χ1v) is 6.14. The van der Waals surface area contributed by atoms with Crippen LogP contribution in [0.25, 0.3) is 0 Å². The van der Waals surface area contributed by atoms with E-state index in [0.717, 1.165) is 17.1 Å². The van der Waals surface area contributed by atoms with Gasteiger partial charge in [-0.2, -0.15) is 0 Å². The average molecular weight is 310 g/mol. The van der Waals surface area contributed by atoms with E-state index < -0.39 is 4.92 Å². The molecule has 5 nitrogen and oxygen atoms in total. The molecule has 1 N–H and O–H groups in total. The highest BCUT2D eigenvalue weighted by Crippen LogP contribution is 2.27. The molecule has 2 rings (SSSR count). The van der Waals surface area contributed by atoms with E-state index in [2.05, 4.69) is 21.4 Å². The Labute approximate surface area is 113 Å². The van der Waals surface area contributed by atoms with E-state index in [0.29, 0.717) is 4.47 Å². The van der Waals surface area contributed by atoms with Gasteiger partial charge in [0.15, 0.2) is 0 Å². The molecule has 0 unspecified atom stereocenters. The van der Waals surface area contributed by atoms with Crippen molar-refractivity contribution in [2.75, 3.05) is 5.43 Å². The van der Waals surface area contributed by atoms with Crippen molar-refractivity contribution < 1.29 is 4.92 Å². The third kappa shape index (κ3) is 2.38. The molecule has 0 aliphatic heterocycles. The van der Waals surface area contributed by atoms with Gasteiger partial charge in [-0.05, 0) is 48.0 Å². The topological polar surface area (TPSA) is 60.1 Å². The van der Waals surface area contributed by atoms with Gasteiger partial charge in [-0.1, -0.05) is 0 Å². The van der Waals surface area contributed by atoms with Crippen LogP contribution in [0.5, 0.6) is 0 Å². The lowest BCUT2D eigenvalue weighted by Crippen LogP contribution is -2.12. The Hall–Kier alpha value is -1.82. The molecule has 0 spiro atoms. The number of nitro benzene ring substituents is 1. The van der Waals surface area contributed by atoms with Crippen molar-refractivity contribution in [3.05, 3.63) is 56.3 Å². The SMILES string of the molecule is Cc1ccc(C)n1Nc1ccc([N+](=O)[O-])cc1Br. The average Bonchev–Trinajstić information content (AvgIpc) is 2.63. The van der Waals surface area contributed by atoms with Crippen molar-refractivity contribution in [2.45, 2.75) is 13.8 Å². The summed E-state index contributed by atoms with van der Waals surface area (Å²) in [6, 6.07) is 8.64. The second kappa shape index (κ2) is 4.81. The van der Waals surface area contributed by atoms with Crippen LogP contribution in [0, 0.1) is 24.0 Å². The van der Waals surface area contributed by atoms with Gasteiger partial charge in [0.1, 0.15) is 0 Å². The van der Waals surface area contributed by atoms with Gasteiger partial charge in [-0.3, -0.25) is 20.2 Å². The largest absolute Gasteiger partial charge is 0.293 e. The Morgan fingerprint density at radius 3 is 2.33 bits per heavy atom. The van der Waals surface area contributed by atoms with Crippen molar-refractivity contribution in [3.8, 4) is 0 Å². The second-order valence-corrected chi connectivity index (χ2v) is 4.84. The molecule has 2 aromatic rings. The van der Waals surface area contributed by atoms with Crippen LogP contribution < -0.4 is 5.43 Å². The molecule has 0 radical (unpaired) electrons. The molecule has 0 fully saturated rings. The smallest absolute Gasteiger partial charge is 0.270 e. The minimum absolute atomic E-state index is 0.0633. The van der Waals surface area contributed by atoms with Crippen molar-refractivity contribution in [2.24, 2.45) is 0 Å². The first kappa shape index (κ1) is 12.6. The molecule has 0 saturated carbocycles. The highest BCUT2D eigenvalue weighted by Gasteiger charge is 2.10. The van der Waals surface area contributed by atoms with Crippen LogP contribution in [0.4, 0.5) is 11.4 Å². The Balaban J connectivity index is 2.33. The summed E-state index contributed by atoms with van der Waals surface area (Å²) in [6.07, 6.45) is 0. The number of anilines is 1. The summed E-state index contributed by atoms with van der Waals surface area (Å²) in [5.74, 6) is 0. The number of benzene rings is 1. The minimum Gasteiger partial charge on any atom is -0.293 e. The van der Waals surface area contributed by atoms with Crippen LogP contribution in [0.1, 0.15) is 11.4 Å². The second-order valence-electron chi connectivity index (χ2n) is 3.98. The van der Waals surface area contributed by atoms with Crippen LogP contribution in [-0.2, 0) is 0 Å². The summed E-state index contributed by atoms with van der Waals surface area (Å²) in [5.41, 5.74) is 6.18. The molecule has 0 saturated heterocycles. The van der Waals surface area contributed by atoms with Crippen LogP contribution in [0.3, 0.4) is 0 Å². The molecular weight excluding hydrogens is 298 g/mol. The Morgan fingerprint density at radius 1 is 1.22 bits per heavy atom. The first-order valence-electron chi connectivity index (χ1n) is 5.35. The van der Waals surface area contributed by atoms with Gasteiger partial charge in [-0.15, -0.1) is 0 Å². The molecule has 0 atom stereocenters. The summed E-state index contributed by atoms with van der Waals surface area (Å²) in [4.78, 5) is 10.2. The number of halogens is 1. The molecule has 6 heteroatoms. The van der Waals surface area contributed by atoms with E-state index in [1.165, 1.54) is 12.1 Å². The van der Waals surface area contributed by atoms with Gasteiger partial charge < -0.3 is 0 Å². The summed E-state index contributed by atoms with van der Waals surface area (Å²) >= 11 is 3.33. The van der Waals surface area contributed by atoms with Gasteiger partial charge in [0.05, 0.1) is 10.6 Å². The van der Waals surface area contributed by atoms with Gasteiger partial charge >= 0.3 is 0 Å². The zero-order valence-electron chi connectivity index (χ0n) is 9.98. The third-order valence-corrected chi connectivity index (χ3v) is 3.32. The van der Waals surface area contributed by atoms with Gasteiger partial charge in [0, 0.05) is 28.0 Å². The summed E-state index contributed by atoms with van der Waals surface area (Å²) in [5, 5.41) is 10.6. The Bertz CT molecular complexity index is 588. The zero-order chi connectivity index (χ0) is 13.3. The van der Waals surface area contributed by atoms with Crippen molar-refractivity contribution >= 4 is 27.3 Å². The predicted molar refractivity (Wildman–Crippen MR) is 73.7 cm³/mol. The molecule has 0 amide bonds. The number of non-ortho nitro benzene ring substituents is 1. The monoisotopic (exact) mass is 309 g/mol. The van der Waals surface area contributed by atoms with E-state index >= 15 is 0 Å². The standard InChI is InChI=1S/C12H12BrN3O2/c1-8-3-4-9(2)15(8)14-12-6-5-10(16(17)18)7-11(12)13/h3-7,14H,1-2H3. The number of aromatic nitrogens is 1. The maximum atomic E-state index is 10.6. The summed E-state index contributed by atoms with van der Waals surface area (Å²) < 4.78 is 2.58. The number of hydrogen-bond acceptors (Lipinski definition) is 3. The highest BCUT2D eigenvalue weighted by molar-refractivity contribution is 9.10. The van der Waals surface area contributed by atoms with Gasteiger partial charge in [0.25, 0.3) is 5.69 Å². The molecule has 0 aliphatic rings. The predicted octanol–water partition coefficient (Wildman–Crippen LogP) is 3.65. The van der Waals surface area contributed by atoms with Crippen LogP contribution in [-0.4, -0.2) is 9.60 Å². The first-order chi connectivity index (χ1) is 8.49. The van der Waals surface area contributed by atoms with Crippen LogP contribution >= 0.6 is 15.9 Å². The quantitative estimate of drug-likeness (QED) is 0.695. The van der Waals surface area contributed by atoms with E-state index in [1.807, 2.05) is 30.7 Å². The molecular formula is C12H12BrN3O2. The van der Waals surface area contributed by atoms with Crippen molar-refractivity contribution in [3.63, 3.8) is 0 Å². The molecule has 0 bridgehead atoms. The number of nitro groups is 1. The van der Waals surface area contributed by atoms with Crippen LogP contribution in [0.2, 0.25) is 0 Å².